The molecular weight excluding hydrogens is 424 g/mol. The van der Waals surface area contributed by atoms with Crippen LogP contribution in [-0.4, -0.2) is 56.7 Å². The predicted molar refractivity (Wildman–Crippen MR) is 141 cm³/mol. The van der Waals surface area contributed by atoms with Crippen LogP contribution < -0.4 is 20.5 Å². The second-order valence-electron chi connectivity index (χ2n) is 10.1. The standard InChI is InChI=1S/C28H42N4O2/c1-28(2,3)31-20-22-15-18-32(19-16-22)25(23-12-9-13-24(33-4)26(23)34-5)27(29)30-17-14-21-10-7-6-8-11-21/h6-13,22,25,31H,14-20H2,1-5H3,(H2,29,30). The van der Waals surface area contributed by atoms with Crippen LogP contribution in [-0.2, 0) is 6.42 Å². The Hall–Kier alpha value is -2.57. The molecule has 6 heteroatoms. The van der Waals surface area contributed by atoms with Crippen molar-refractivity contribution in [3.63, 3.8) is 0 Å². The minimum absolute atomic E-state index is 0.141. The van der Waals surface area contributed by atoms with Crippen LogP contribution in [0.1, 0.15) is 50.8 Å². The first kappa shape index (κ1) is 26.0. The third-order valence-electron chi connectivity index (χ3n) is 6.48. The lowest BCUT2D eigenvalue weighted by Crippen LogP contribution is -2.46. The van der Waals surface area contributed by atoms with Gasteiger partial charge in [0.05, 0.1) is 20.3 Å². The van der Waals surface area contributed by atoms with Gasteiger partial charge in [0.2, 0.25) is 0 Å². The van der Waals surface area contributed by atoms with Crippen LogP contribution in [0, 0.1) is 5.92 Å². The Bertz CT molecular complexity index is 916. The van der Waals surface area contributed by atoms with Crippen molar-refractivity contribution in [2.45, 2.75) is 51.6 Å². The van der Waals surface area contributed by atoms with Crippen LogP contribution in [0.4, 0.5) is 0 Å². The average molecular weight is 467 g/mol. The smallest absolute Gasteiger partial charge is 0.165 e. The van der Waals surface area contributed by atoms with Crippen molar-refractivity contribution in [1.29, 1.82) is 0 Å². The number of benzene rings is 2. The topological polar surface area (TPSA) is 72.1 Å². The van der Waals surface area contributed by atoms with E-state index in [1.165, 1.54) is 5.56 Å². The highest BCUT2D eigenvalue weighted by atomic mass is 16.5. The zero-order valence-electron chi connectivity index (χ0n) is 21.5. The summed E-state index contributed by atoms with van der Waals surface area (Å²) >= 11 is 0. The van der Waals surface area contributed by atoms with Crippen LogP contribution >= 0.6 is 0 Å². The lowest BCUT2D eigenvalue weighted by Gasteiger charge is -2.38. The second kappa shape index (κ2) is 12.2. The largest absolute Gasteiger partial charge is 0.493 e. The van der Waals surface area contributed by atoms with E-state index in [0.29, 0.717) is 24.0 Å². The number of nitrogens with zero attached hydrogens (tertiary/aromatic N) is 2. The van der Waals surface area contributed by atoms with Gasteiger partial charge in [-0.2, -0.15) is 0 Å². The molecule has 0 aliphatic carbocycles. The molecule has 2 aromatic carbocycles. The zero-order valence-corrected chi connectivity index (χ0v) is 21.5. The molecule has 1 heterocycles. The molecule has 0 saturated carbocycles. The molecule has 0 spiro atoms. The summed E-state index contributed by atoms with van der Waals surface area (Å²) in [6.07, 6.45) is 3.12. The van der Waals surface area contributed by atoms with Crippen molar-refractivity contribution in [2.75, 3.05) is 40.4 Å². The van der Waals surface area contributed by atoms with Crippen molar-refractivity contribution in [1.82, 2.24) is 10.2 Å². The van der Waals surface area contributed by atoms with E-state index in [4.69, 9.17) is 20.2 Å². The average Bonchev–Trinajstić information content (AvgIpc) is 2.83. The summed E-state index contributed by atoms with van der Waals surface area (Å²) in [5, 5.41) is 3.66. The van der Waals surface area contributed by atoms with E-state index in [-0.39, 0.29) is 11.6 Å². The quantitative estimate of drug-likeness (QED) is 0.400. The summed E-state index contributed by atoms with van der Waals surface area (Å²) in [6.45, 7) is 10.3. The Morgan fingerprint density at radius 2 is 1.76 bits per heavy atom. The van der Waals surface area contributed by atoms with Crippen molar-refractivity contribution >= 4 is 5.84 Å². The van der Waals surface area contributed by atoms with Gasteiger partial charge in [-0.25, -0.2) is 0 Å². The number of hydrogen-bond acceptors (Lipinski definition) is 5. The first-order chi connectivity index (χ1) is 16.3. The molecule has 34 heavy (non-hydrogen) atoms. The normalized spacial score (nSPS) is 16.9. The zero-order chi connectivity index (χ0) is 24.6. The van der Waals surface area contributed by atoms with Crippen LogP contribution in [0.5, 0.6) is 11.5 Å². The van der Waals surface area contributed by atoms with Gasteiger partial charge in [0.15, 0.2) is 11.5 Å². The molecule has 0 bridgehead atoms. The lowest BCUT2D eigenvalue weighted by atomic mass is 9.92. The van der Waals surface area contributed by atoms with Gasteiger partial charge in [-0.3, -0.25) is 9.89 Å². The van der Waals surface area contributed by atoms with Gasteiger partial charge < -0.3 is 20.5 Å². The van der Waals surface area contributed by atoms with E-state index in [9.17, 15) is 0 Å². The molecular formula is C28H42N4O2. The fourth-order valence-electron chi connectivity index (χ4n) is 4.58. The summed E-state index contributed by atoms with van der Waals surface area (Å²) in [4.78, 5) is 7.28. The molecule has 1 aliphatic rings. The Kier molecular flexibility index (Phi) is 9.36. The van der Waals surface area contributed by atoms with E-state index < -0.39 is 0 Å². The molecule has 1 aliphatic heterocycles. The highest BCUT2D eigenvalue weighted by molar-refractivity contribution is 5.88. The molecule has 0 radical (unpaired) electrons. The second-order valence-corrected chi connectivity index (χ2v) is 10.1. The SMILES string of the molecule is COc1cccc(C(C(N)=NCCc2ccccc2)N2CCC(CNC(C)(C)C)CC2)c1OC. The minimum Gasteiger partial charge on any atom is -0.493 e. The van der Waals surface area contributed by atoms with Gasteiger partial charge >= 0.3 is 0 Å². The van der Waals surface area contributed by atoms with Crippen molar-refractivity contribution in [3.05, 3.63) is 59.7 Å². The van der Waals surface area contributed by atoms with Crippen molar-refractivity contribution < 1.29 is 9.47 Å². The summed E-state index contributed by atoms with van der Waals surface area (Å²) in [5.41, 5.74) is 9.13. The van der Waals surface area contributed by atoms with Crippen LogP contribution in [0.3, 0.4) is 0 Å². The Morgan fingerprint density at radius 1 is 1.06 bits per heavy atom. The van der Waals surface area contributed by atoms with E-state index in [1.807, 2.05) is 18.2 Å². The van der Waals surface area contributed by atoms with Crippen molar-refractivity contribution in [2.24, 2.45) is 16.6 Å². The maximum atomic E-state index is 6.71. The third-order valence-corrected chi connectivity index (χ3v) is 6.48. The molecule has 6 nitrogen and oxygen atoms in total. The summed E-state index contributed by atoms with van der Waals surface area (Å²) in [6, 6.07) is 16.3. The number of piperidine rings is 1. The number of amidine groups is 1. The number of aliphatic imine (C=N–C) groups is 1. The molecule has 0 amide bonds. The van der Waals surface area contributed by atoms with Gasteiger partial charge in [0, 0.05) is 17.6 Å². The van der Waals surface area contributed by atoms with Crippen LogP contribution in [0.15, 0.2) is 53.5 Å². The number of likely N-dealkylation sites (tertiary alicyclic amines) is 1. The predicted octanol–water partition coefficient (Wildman–Crippen LogP) is 4.44. The number of para-hydroxylation sites is 1. The van der Waals surface area contributed by atoms with Crippen LogP contribution in [0.25, 0.3) is 0 Å². The molecule has 3 N–H and O–H groups in total. The Morgan fingerprint density at radius 3 is 2.38 bits per heavy atom. The molecule has 1 saturated heterocycles. The van der Waals surface area contributed by atoms with Gasteiger partial charge in [0.1, 0.15) is 5.84 Å². The summed E-state index contributed by atoms with van der Waals surface area (Å²) in [5.74, 6) is 2.74. The highest BCUT2D eigenvalue weighted by Crippen LogP contribution is 2.38. The third kappa shape index (κ3) is 7.21. The van der Waals surface area contributed by atoms with Crippen molar-refractivity contribution in [3.8, 4) is 11.5 Å². The monoisotopic (exact) mass is 466 g/mol. The molecule has 1 unspecified atom stereocenters. The molecule has 1 fully saturated rings. The maximum absolute atomic E-state index is 6.71. The molecule has 1 atom stereocenters. The van der Waals surface area contributed by atoms with Gasteiger partial charge in [0.25, 0.3) is 0 Å². The number of methoxy groups -OCH3 is 2. The molecule has 2 aromatic rings. The first-order valence-electron chi connectivity index (χ1n) is 12.4. The lowest BCUT2D eigenvalue weighted by molar-refractivity contribution is 0.155. The fraction of sp³-hybridized carbons (Fsp3) is 0.536. The van der Waals surface area contributed by atoms with E-state index in [2.05, 4.69) is 61.3 Å². The Labute approximate surface area is 205 Å². The number of nitrogens with one attached hydrogen (secondary N) is 1. The maximum Gasteiger partial charge on any atom is 0.165 e. The summed E-state index contributed by atoms with van der Waals surface area (Å²) < 4.78 is 11.4. The number of ether oxygens (including phenoxy) is 2. The van der Waals surface area contributed by atoms with E-state index in [0.717, 1.165) is 50.2 Å². The van der Waals surface area contributed by atoms with Gasteiger partial charge in [-0.05, 0) is 77.2 Å². The number of hydrogen-bond donors (Lipinski definition) is 2. The minimum atomic E-state index is -0.141. The molecule has 3 rings (SSSR count). The molecule has 186 valence electrons. The Balaban J connectivity index is 1.80. The number of rotatable bonds is 10. The van der Waals surface area contributed by atoms with Crippen LogP contribution in [0.2, 0.25) is 0 Å². The van der Waals surface area contributed by atoms with Gasteiger partial charge in [-0.15, -0.1) is 0 Å². The first-order valence-corrected chi connectivity index (χ1v) is 12.4. The highest BCUT2D eigenvalue weighted by Gasteiger charge is 2.31. The molecule has 0 aromatic heterocycles. The van der Waals surface area contributed by atoms with E-state index in [1.54, 1.807) is 14.2 Å². The van der Waals surface area contributed by atoms with Gasteiger partial charge in [-0.1, -0.05) is 42.5 Å². The van der Waals surface area contributed by atoms with E-state index >= 15 is 0 Å². The number of nitrogens with two attached hydrogens (primary N) is 1. The summed E-state index contributed by atoms with van der Waals surface area (Å²) in [7, 11) is 3.35. The fourth-order valence-corrected chi connectivity index (χ4v) is 4.58.